The number of thioether (sulfide) groups is 1. The molecule has 1 aromatic heterocycles. The first-order chi connectivity index (χ1) is 7.66. The van der Waals surface area contributed by atoms with Gasteiger partial charge in [-0.3, -0.25) is 14.6 Å². The summed E-state index contributed by atoms with van der Waals surface area (Å²) in [6.07, 6.45) is 2.82. The fourth-order valence-electron chi connectivity index (χ4n) is 1.60. The standard InChI is InChI=1S/C9H14N4O2S/c1-7(14)10-9-5-13(11-15-9)12(2)8-3-4-16-6-8/h5,8H,3-4,6H2,1-2H3/p+1. The maximum atomic E-state index is 10.8. The minimum atomic E-state index is -0.164. The van der Waals surface area contributed by atoms with Crippen LogP contribution >= 0.6 is 11.8 Å². The molecule has 1 N–H and O–H groups in total. The third-order valence-corrected chi connectivity index (χ3v) is 3.66. The highest BCUT2D eigenvalue weighted by atomic mass is 32.2. The van der Waals surface area contributed by atoms with Gasteiger partial charge >= 0.3 is 5.88 Å². The van der Waals surface area contributed by atoms with Crippen molar-refractivity contribution in [2.75, 3.05) is 28.9 Å². The predicted molar refractivity (Wildman–Crippen MR) is 60.9 cm³/mol. The SMILES string of the molecule is CC(=O)Nc1c[n+](N(C)C2CCSC2)no1. The van der Waals surface area contributed by atoms with Gasteiger partial charge in [0.15, 0.2) is 0 Å². The summed E-state index contributed by atoms with van der Waals surface area (Å²) < 4.78 is 4.99. The normalized spacial score (nSPS) is 19.8. The maximum absolute atomic E-state index is 10.8. The molecule has 0 aromatic carbocycles. The number of rotatable bonds is 3. The second-order valence-corrected chi connectivity index (χ2v) is 4.91. The number of hydrogen-bond donors (Lipinski definition) is 1. The predicted octanol–water partition coefficient (Wildman–Crippen LogP) is -0.00620. The zero-order chi connectivity index (χ0) is 11.5. The second kappa shape index (κ2) is 4.73. The highest BCUT2D eigenvalue weighted by molar-refractivity contribution is 7.99. The van der Waals surface area contributed by atoms with Crippen LogP contribution in [0, 0.1) is 0 Å². The molecule has 0 aliphatic carbocycles. The van der Waals surface area contributed by atoms with Crippen LogP contribution in [-0.4, -0.2) is 35.8 Å². The summed E-state index contributed by atoms with van der Waals surface area (Å²) in [5, 5.41) is 8.43. The Balaban J connectivity index is 2.02. The Labute approximate surface area is 97.9 Å². The second-order valence-electron chi connectivity index (χ2n) is 3.76. The first-order valence-corrected chi connectivity index (χ1v) is 6.29. The van der Waals surface area contributed by atoms with Crippen LogP contribution in [0.2, 0.25) is 0 Å². The lowest BCUT2D eigenvalue weighted by molar-refractivity contribution is -0.758. The summed E-state index contributed by atoms with van der Waals surface area (Å²) in [6, 6.07) is 0.477. The molecule has 88 valence electrons. The first kappa shape index (κ1) is 11.3. The fraction of sp³-hybridized carbons (Fsp3) is 0.667. The van der Waals surface area contributed by atoms with Crippen molar-refractivity contribution in [3.05, 3.63) is 6.20 Å². The van der Waals surface area contributed by atoms with Gasteiger partial charge in [0.25, 0.3) is 6.20 Å². The first-order valence-electron chi connectivity index (χ1n) is 5.14. The lowest BCUT2D eigenvalue weighted by Gasteiger charge is -2.13. The molecule has 1 aromatic rings. The van der Waals surface area contributed by atoms with Gasteiger partial charge < -0.3 is 0 Å². The molecule has 1 unspecified atom stereocenters. The van der Waals surface area contributed by atoms with E-state index in [0.29, 0.717) is 11.9 Å². The molecule has 1 saturated heterocycles. The molecule has 2 rings (SSSR count). The largest absolute Gasteiger partial charge is 0.305 e. The van der Waals surface area contributed by atoms with Gasteiger partial charge in [0.1, 0.15) is 0 Å². The van der Waals surface area contributed by atoms with Crippen LogP contribution in [0.1, 0.15) is 13.3 Å². The van der Waals surface area contributed by atoms with Crippen LogP contribution in [-0.2, 0) is 4.79 Å². The van der Waals surface area contributed by atoms with E-state index in [1.165, 1.54) is 12.7 Å². The maximum Gasteiger partial charge on any atom is 0.305 e. The number of carbonyl (C=O) groups excluding carboxylic acids is 1. The quantitative estimate of drug-likeness (QED) is 0.757. The Bertz CT molecular complexity index is 375. The Morgan fingerprint density at radius 3 is 3.25 bits per heavy atom. The smallest absolute Gasteiger partial charge is 0.289 e. The number of hydrogen-bond acceptors (Lipinski definition) is 5. The molecule has 6 nitrogen and oxygen atoms in total. The van der Waals surface area contributed by atoms with Gasteiger partial charge in [-0.15, -0.1) is 0 Å². The van der Waals surface area contributed by atoms with Crippen LogP contribution in [0.3, 0.4) is 0 Å². The van der Waals surface area contributed by atoms with Gasteiger partial charge in [-0.05, 0) is 12.2 Å². The van der Waals surface area contributed by atoms with Crippen LogP contribution in [0.25, 0.3) is 0 Å². The molecule has 16 heavy (non-hydrogen) atoms. The summed E-state index contributed by atoms with van der Waals surface area (Å²) in [7, 11) is 1.97. The van der Waals surface area contributed by atoms with Gasteiger partial charge in [-0.2, -0.15) is 16.8 Å². The van der Waals surface area contributed by atoms with Gasteiger partial charge in [0.05, 0.1) is 17.9 Å². The van der Waals surface area contributed by atoms with E-state index in [2.05, 4.69) is 10.6 Å². The summed E-state index contributed by atoms with van der Waals surface area (Å²) in [4.78, 5) is 12.5. The number of aromatic nitrogens is 2. The third kappa shape index (κ3) is 2.46. The average molecular weight is 243 g/mol. The summed E-state index contributed by atoms with van der Waals surface area (Å²) >= 11 is 1.94. The molecule has 0 saturated carbocycles. The van der Waals surface area contributed by atoms with E-state index >= 15 is 0 Å². The summed E-state index contributed by atoms with van der Waals surface area (Å²) in [5.41, 5.74) is 0. The van der Waals surface area contributed by atoms with Gasteiger partial charge in [-0.25, -0.2) is 0 Å². The third-order valence-electron chi connectivity index (χ3n) is 2.51. The van der Waals surface area contributed by atoms with Crippen LogP contribution in [0.15, 0.2) is 10.7 Å². The van der Waals surface area contributed by atoms with E-state index in [4.69, 9.17) is 4.52 Å². The lowest BCUT2D eigenvalue weighted by atomic mass is 10.3. The molecule has 0 radical (unpaired) electrons. The Hall–Kier alpha value is -1.24. The Kier molecular flexibility index (Phi) is 3.33. The van der Waals surface area contributed by atoms with Gasteiger partial charge in [0.2, 0.25) is 11.2 Å². The zero-order valence-corrected chi connectivity index (χ0v) is 10.2. The number of anilines is 1. The van der Waals surface area contributed by atoms with Gasteiger partial charge in [-0.1, -0.05) is 0 Å². The van der Waals surface area contributed by atoms with Crippen molar-refractivity contribution in [2.45, 2.75) is 19.4 Å². The van der Waals surface area contributed by atoms with Crippen molar-refractivity contribution < 1.29 is 14.1 Å². The topological polar surface area (TPSA) is 62.3 Å². The highest BCUT2D eigenvalue weighted by Gasteiger charge is 2.28. The van der Waals surface area contributed by atoms with E-state index in [0.717, 1.165) is 12.2 Å². The molecular weight excluding hydrogens is 228 g/mol. The molecule has 1 fully saturated rings. The number of nitrogens with zero attached hydrogens (tertiary/aromatic N) is 3. The molecule has 7 heteroatoms. The van der Waals surface area contributed by atoms with Crippen molar-refractivity contribution >= 4 is 23.6 Å². The minimum Gasteiger partial charge on any atom is -0.289 e. The monoisotopic (exact) mass is 243 g/mol. The lowest BCUT2D eigenvalue weighted by Crippen LogP contribution is -2.61. The molecule has 0 spiro atoms. The van der Waals surface area contributed by atoms with Crippen LogP contribution in [0.5, 0.6) is 0 Å². The molecule has 1 amide bonds. The van der Waals surface area contributed by atoms with Gasteiger partial charge in [0, 0.05) is 12.7 Å². The van der Waals surface area contributed by atoms with Crippen LogP contribution in [0.4, 0.5) is 5.88 Å². The van der Waals surface area contributed by atoms with E-state index in [9.17, 15) is 4.79 Å². The number of amides is 1. The van der Waals surface area contributed by atoms with E-state index in [-0.39, 0.29) is 5.91 Å². The average Bonchev–Trinajstić information content (AvgIpc) is 2.84. The van der Waals surface area contributed by atoms with Crippen molar-refractivity contribution in [1.29, 1.82) is 0 Å². The van der Waals surface area contributed by atoms with Crippen molar-refractivity contribution in [2.24, 2.45) is 0 Å². The van der Waals surface area contributed by atoms with E-state index in [1.54, 1.807) is 11.0 Å². The number of carbonyl (C=O) groups is 1. The summed E-state index contributed by atoms with van der Waals surface area (Å²) in [5.74, 6) is 2.49. The Morgan fingerprint density at radius 1 is 1.81 bits per heavy atom. The molecule has 2 heterocycles. The molecule has 1 aliphatic rings. The van der Waals surface area contributed by atoms with E-state index < -0.39 is 0 Å². The van der Waals surface area contributed by atoms with E-state index in [1.807, 2.05) is 23.8 Å². The van der Waals surface area contributed by atoms with Crippen molar-refractivity contribution in [3.63, 3.8) is 0 Å². The number of nitrogens with one attached hydrogen (secondary N) is 1. The van der Waals surface area contributed by atoms with Crippen LogP contribution < -0.4 is 15.1 Å². The minimum absolute atomic E-state index is 0.164. The van der Waals surface area contributed by atoms with Crippen molar-refractivity contribution in [1.82, 2.24) is 5.27 Å². The highest BCUT2D eigenvalue weighted by Crippen LogP contribution is 2.19. The molecule has 0 bridgehead atoms. The molecule has 1 aliphatic heterocycles. The zero-order valence-electron chi connectivity index (χ0n) is 9.34. The fourth-order valence-corrected chi connectivity index (χ4v) is 2.86. The molecular formula is C9H15N4O2S+. The summed E-state index contributed by atoms with van der Waals surface area (Å²) in [6.45, 7) is 1.43. The molecule has 1 atom stereocenters. The van der Waals surface area contributed by atoms with Crippen molar-refractivity contribution in [3.8, 4) is 0 Å². The Morgan fingerprint density at radius 2 is 2.62 bits per heavy atom.